The van der Waals surface area contributed by atoms with Gasteiger partial charge in [-0.2, -0.15) is 6.92 Å². The zero-order chi connectivity index (χ0) is 13.4. The SMILES string of the molecule is CC.[CH2-]C.[W].c1ccc2cc3ccccc3cc2c1. The standard InChI is InChI=1S/C14H10.C2H6.C2H5.W/c1-2-6-12-10-14-8-4-3-7-13(14)9-11(12)5-1;2*1-2;/h1-10H;1-2H3;1H2,2H3;/q;;-1;. The van der Waals surface area contributed by atoms with Gasteiger partial charge in [0.15, 0.2) is 0 Å². The minimum Gasteiger partial charge on any atom is -0.346 e. The van der Waals surface area contributed by atoms with Crippen molar-refractivity contribution in [1.82, 2.24) is 0 Å². The van der Waals surface area contributed by atoms with Crippen LogP contribution in [-0.4, -0.2) is 0 Å². The van der Waals surface area contributed by atoms with E-state index in [1.165, 1.54) is 21.5 Å². The van der Waals surface area contributed by atoms with Crippen LogP contribution < -0.4 is 0 Å². The number of hydrogen-bond acceptors (Lipinski definition) is 0. The summed E-state index contributed by atoms with van der Waals surface area (Å²) in [5.41, 5.74) is 0. The Bertz CT molecular complexity index is 494. The average Bonchev–Trinajstić information content (AvgIpc) is 2.49. The van der Waals surface area contributed by atoms with E-state index in [4.69, 9.17) is 0 Å². The first-order valence-electron chi connectivity index (χ1n) is 6.52. The van der Waals surface area contributed by atoms with E-state index in [0.717, 1.165) is 0 Å². The monoisotopic (exact) mass is 421 g/mol. The van der Waals surface area contributed by atoms with Gasteiger partial charge in [0, 0.05) is 21.1 Å². The van der Waals surface area contributed by atoms with E-state index in [1.807, 2.05) is 13.8 Å². The first-order chi connectivity index (χ1) is 8.93. The number of hydrogen-bond donors (Lipinski definition) is 0. The summed E-state index contributed by atoms with van der Waals surface area (Å²) in [5.74, 6) is 0. The van der Waals surface area contributed by atoms with E-state index in [2.05, 4.69) is 67.6 Å². The third-order valence-electron chi connectivity index (χ3n) is 2.61. The minimum atomic E-state index is 0. The topological polar surface area (TPSA) is 0 Å². The van der Waals surface area contributed by atoms with Gasteiger partial charge in [0.05, 0.1) is 0 Å². The van der Waals surface area contributed by atoms with Crippen molar-refractivity contribution in [2.24, 2.45) is 0 Å². The molecule has 0 unspecified atom stereocenters. The Labute approximate surface area is 131 Å². The zero-order valence-electron chi connectivity index (χ0n) is 11.9. The van der Waals surface area contributed by atoms with Gasteiger partial charge < -0.3 is 6.92 Å². The molecule has 3 rings (SSSR count). The van der Waals surface area contributed by atoms with Gasteiger partial charge in [0.1, 0.15) is 0 Å². The van der Waals surface area contributed by atoms with Crippen LogP contribution in [-0.2, 0) is 21.1 Å². The van der Waals surface area contributed by atoms with Crippen molar-refractivity contribution in [2.75, 3.05) is 0 Å². The second kappa shape index (κ2) is 9.75. The van der Waals surface area contributed by atoms with Crippen molar-refractivity contribution in [1.29, 1.82) is 0 Å². The summed E-state index contributed by atoms with van der Waals surface area (Å²) >= 11 is 0. The number of fused-ring (bicyclic) bond motifs is 2. The fourth-order valence-electron chi connectivity index (χ4n) is 1.88. The van der Waals surface area contributed by atoms with Crippen LogP contribution in [0.3, 0.4) is 0 Å². The van der Waals surface area contributed by atoms with Crippen LogP contribution in [0.4, 0.5) is 0 Å². The molecule has 0 aromatic heterocycles. The molecule has 0 fully saturated rings. The molecule has 100 valence electrons. The Balaban J connectivity index is 0.000000597. The Morgan fingerprint density at radius 1 is 0.579 bits per heavy atom. The molecule has 0 nitrogen and oxygen atoms in total. The van der Waals surface area contributed by atoms with Gasteiger partial charge in [-0.3, -0.25) is 0 Å². The molecule has 0 radical (unpaired) electrons. The predicted molar refractivity (Wildman–Crippen MR) is 83.8 cm³/mol. The van der Waals surface area contributed by atoms with E-state index in [1.54, 1.807) is 6.92 Å². The second-order valence-electron chi connectivity index (χ2n) is 3.55. The maximum atomic E-state index is 3.25. The van der Waals surface area contributed by atoms with E-state index in [0.29, 0.717) is 0 Å². The van der Waals surface area contributed by atoms with Crippen molar-refractivity contribution >= 4 is 21.5 Å². The first kappa shape index (κ1) is 17.9. The van der Waals surface area contributed by atoms with Crippen LogP contribution in [0.5, 0.6) is 0 Å². The number of benzene rings is 3. The molecule has 0 N–H and O–H groups in total. The molecule has 19 heavy (non-hydrogen) atoms. The average molecular weight is 421 g/mol. The molecule has 0 saturated carbocycles. The van der Waals surface area contributed by atoms with Crippen LogP contribution in [0.25, 0.3) is 21.5 Å². The summed E-state index contributed by atoms with van der Waals surface area (Å²) in [7, 11) is 0. The van der Waals surface area contributed by atoms with Gasteiger partial charge in [-0.15, -0.1) is 0 Å². The normalized spacial score (nSPS) is 8.63. The molecule has 0 spiro atoms. The van der Waals surface area contributed by atoms with Gasteiger partial charge in [0.25, 0.3) is 0 Å². The molecule has 0 atom stereocenters. The third-order valence-corrected chi connectivity index (χ3v) is 2.61. The van der Waals surface area contributed by atoms with Crippen LogP contribution in [0.1, 0.15) is 20.8 Å². The summed E-state index contributed by atoms with van der Waals surface area (Å²) < 4.78 is 0. The molecule has 0 aliphatic carbocycles. The van der Waals surface area contributed by atoms with E-state index >= 15 is 0 Å². The molecule has 3 aromatic carbocycles. The van der Waals surface area contributed by atoms with E-state index < -0.39 is 0 Å². The summed E-state index contributed by atoms with van der Waals surface area (Å²) in [6, 6.07) is 21.4. The molecule has 0 bridgehead atoms. The Morgan fingerprint density at radius 3 is 1.00 bits per heavy atom. The smallest absolute Gasteiger partial charge is 0 e. The summed E-state index contributed by atoms with van der Waals surface area (Å²) in [5, 5.41) is 5.25. The fourth-order valence-corrected chi connectivity index (χ4v) is 1.88. The molecule has 3 aromatic rings. The van der Waals surface area contributed by atoms with E-state index in [-0.39, 0.29) is 21.1 Å². The van der Waals surface area contributed by atoms with Crippen LogP contribution in [0.15, 0.2) is 60.7 Å². The Kier molecular flexibility index (Phi) is 9.17. The summed E-state index contributed by atoms with van der Waals surface area (Å²) in [6.45, 7) is 9.00. The number of rotatable bonds is 0. The molecule has 0 amide bonds. The summed E-state index contributed by atoms with van der Waals surface area (Å²) in [6.07, 6.45) is 0. The second-order valence-corrected chi connectivity index (χ2v) is 3.55. The van der Waals surface area contributed by atoms with Gasteiger partial charge >= 0.3 is 0 Å². The molecular weight excluding hydrogens is 400 g/mol. The van der Waals surface area contributed by atoms with Crippen molar-refractivity contribution in [3.63, 3.8) is 0 Å². The van der Waals surface area contributed by atoms with Crippen LogP contribution >= 0.6 is 0 Å². The van der Waals surface area contributed by atoms with Crippen molar-refractivity contribution in [3.8, 4) is 0 Å². The van der Waals surface area contributed by atoms with Crippen molar-refractivity contribution < 1.29 is 21.1 Å². The van der Waals surface area contributed by atoms with Crippen molar-refractivity contribution in [3.05, 3.63) is 67.6 Å². The Morgan fingerprint density at radius 2 is 0.789 bits per heavy atom. The van der Waals surface area contributed by atoms with Crippen LogP contribution in [0, 0.1) is 6.92 Å². The molecule has 0 aliphatic rings. The van der Waals surface area contributed by atoms with Crippen molar-refractivity contribution in [2.45, 2.75) is 20.8 Å². The summed E-state index contributed by atoms with van der Waals surface area (Å²) in [4.78, 5) is 0. The first-order valence-corrected chi connectivity index (χ1v) is 6.52. The zero-order valence-corrected chi connectivity index (χ0v) is 14.8. The predicted octanol–water partition coefficient (Wildman–Crippen LogP) is 5.86. The quantitative estimate of drug-likeness (QED) is 0.315. The van der Waals surface area contributed by atoms with Gasteiger partial charge in [0.2, 0.25) is 0 Å². The third kappa shape index (κ3) is 4.47. The maximum Gasteiger partial charge on any atom is 0 e. The molecule has 0 saturated heterocycles. The van der Waals surface area contributed by atoms with Gasteiger partial charge in [-0.25, -0.2) is 0 Å². The Hall–Kier alpha value is -1.13. The molecule has 0 aliphatic heterocycles. The minimum absolute atomic E-state index is 0. The van der Waals surface area contributed by atoms with Crippen LogP contribution in [0.2, 0.25) is 0 Å². The molecular formula is C18H21W-. The molecule has 0 heterocycles. The largest absolute Gasteiger partial charge is 0.346 e. The fraction of sp³-hybridized carbons (Fsp3) is 0.167. The van der Waals surface area contributed by atoms with E-state index in [9.17, 15) is 0 Å². The molecule has 1 heteroatoms. The maximum absolute atomic E-state index is 3.25. The van der Waals surface area contributed by atoms with Gasteiger partial charge in [-0.05, 0) is 33.7 Å². The van der Waals surface area contributed by atoms with Gasteiger partial charge in [-0.1, -0.05) is 62.4 Å².